The van der Waals surface area contributed by atoms with Gasteiger partial charge >= 0.3 is 0 Å². The van der Waals surface area contributed by atoms with Gasteiger partial charge in [0, 0.05) is 18.5 Å². The van der Waals surface area contributed by atoms with Crippen molar-refractivity contribution in [2.24, 2.45) is 11.7 Å². The Balaban J connectivity index is 2.24. The predicted molar refractivity (Wildman–Crippen MR) is 55.5 cm³/mol. The van der Waals surface area contributed by atoms with Crippen LogP contribution in [0.15, 0.2) is 10.9 Å². The second-order valence-electron chi connectivity index (χ2n) is 3.98. The first-order valence-electron chi connectivity index (χ1n) is 5.27. The Labute approximate surface area is 87.3 Å². The van der Waals surface area contributed by atoms with Crippen LogP contribution < -0.4 is 11.3 Å². The number of nitrogens with one attached hydrogen (secondary N) is 1. The molecule has 15 heavy (non-hydrogen) atoms. The van der Waals surface area contributed by atoms with E-state index < -0.39 is 0 Å². The number of aromatic amines is 1. The van der Waals surface area contributed by atoms with Gasteiger partial charge in [-0.25, -0.2) is 0 Å². The number of rotatable bonds is 2. The van der Waals surface area contributed by atoms with Crippen LogP contribution in [0.3, 0.4) is 0 Å². The lowest BCUT2D eigenvalue weighted by Crippen LogP contribution is -2.29. The second kappa shape index (κ2) is 4.02. The Morgan fingerprint density at radius 2 is 2.20 bits per heavy atom. The van der Waals surface area contributed by atoms with Gasteiger partial charge in [0.05, 0.1) is 5.69 Å². The molecule has 1 aromatic heterocycles. The molecule has 0 amide bonds. The third-order valence-corrected chi connectivity index (χ3v) is 2.92. The van der Waals surface area contributed by atoms with Gasteiger partial charge in [0.2, 0.25) is 0 Å². The van der Waals surface area contributed by atoms with Crippen molar-refractivity contribution >= 4 is 5.91 Å². The highest BCUT2D eigenvalue weighted by molar-refractivity contribution is 5.80. The Bertz CT molecular complexity index is 413. The molecule has 0 aliphatic heterocycles. The number of carbonyl (C=O) groups excluding carboxylic acids is 1. The fourth-order valence-corrected chi connectivity index (χ4v) is 2.07. The fraction of sp³-hybridized carbons (Fsp3) is 0.600. The molecule has 0 saturated heterocycles. The summed E-state index contributed by atoms with van der Waals surface area (Å²) < 4.78 is 1.10. The summed E-state index contributed by atoms with van der Waals surface area (Å²) in [6.45, 7) is 0.250. The minimum Gasteiger partial charge on any atom is -0.325 e. The summed E-state index contributed by atoms with van der Waals surface area (Å²) in [5.41, 5.74) is 5.70. The molecule has 0 spiro atoms. The molecule has 0 aromatic carbocycles. The van der Waals surface area contributed by atoms with Crippen LogP contribution in [0.5, 0.6) is 0 Å². The molecule has 0 bridgehead atoms. The quantitative estimate of drug-likeness (QED) is 0.742. The molecule has 1 aliphatic rings. The first kappa shape index (κ1) is 10.2. The first-order chi connectivity index (χ1) is 7.22. The molecule has 2 rings (SSSR count). The topological polar surface area (TPSA) is 80.9 Å². The Morgan fingerprint density at radius 1 is 1.53 bits per heavy atom. The number of hydrogen-bond acceptors (Lipinski definition) is 3. The van der Waals surface area contributed by atoms with Crippen LogP contribution in [-0.4, -0.2) is 15.7 Å². The van der Waals surface area contributed by atoms with Crippen LogP contribution in [0.25, 0.3) is 0 Å². The fourth-order valence-electron chi connectivity index (χ4n) is 2.07. The molecule has 1 saturated carbocycles. The Hall–Kier alpha value is -1.36. The highest BCUT2D eigenvalue weighted by Gasteiger charge is 2.25. The maximum atomic E-state index is 11.9. The summed E-state index contributed by atoms with van der Waals surface area (Å²) in [5, 5.41) is 2.74. The normalized spacial score (nSPS) is 17.1. The van der Waals surface area contributed by atoms with E-state index in [1.165, 1.54) is 6.07 Å². The Kier molecular flexibility index (Phi) is 2.73. The lowest BCUT2D eigenvalue weighted by molar-refractivity contribution is 0.0815. The minimum absolute atomic E-state index is 0.00646. The number of hydrogen-bond donors (Lipinski definition) is 2. The number of H-pyrrole nitrogens is 1. The standard InChI is InChI=1S/C10H15N3O2/c11-6-8-5-9(14)13(12-8)10(15)7-3-1-2-4-7/h5,7,12H,1-4,6,11H2. The second-order valence-corrected chi connectivity index (χ2v) is 3.98. The summed E-state index contributed by atoms with van der Waals surface area (Å²) in [6.07, 6.45) is 3.94. The Morgan fingerprint density at radius 3 is 2.73 bits per heavy atom. The average molecular weight is 209 g/mol. The van der Waals surface area contributed by atoms with Crippen molar-refractivity contribution in [3.63, 3.8) is 0 Å². The predicted octanol–water partition coefficient (Wildman–Crippen LogP) is 0.465. The third-order valence-electron chi connectivity index (χ3n) is 2.92. The molecular formula is C10H15N3O2. The van der Waals surface area contributed by atoms with Crippen LogP contribution in [0, 0.1) is 5.92 Å². The summed E-state index contributed by atoms with van der Waals surface area (Å²) in [6, 6.07) is 1.38. The first-order valence-corrected chi connectivity index (χ1v) is 5.27. The third kappa shape index (κ3) is 1.87. The van der Waals surface area contributed by atoms with Crippen molar-refractivity contribution in [2.45, 2.75) is 32.2 Å². The van der Waals surface area contributed by atoms with Crippen molar-refractivity contribution in [1.29, 1.82) is 0 Å². The molecule has 0 atom stereocenters. The van der Waals surface area contributed by atoms with E-state index in [4.69, 9.17) is 5.73 Å². The highest BCUT2D eigenvalue weighted by atomic mass is 16.2. The van der Waals surface area contributed by atoms with Gasteiger partial charge in [-0.05, 0) is 12.8 Å². The molecule has 3 N–H and O–H groups in total. The van der Waals surface area contributed by atoms with Crippen LogP contribution in [0.2, 0.25) is 0 Å². The summed E-state index contributed by atoms with van der Waals surface area (Å²) in [4.78, 5) is 23.3. The van der Waals surface area contributed by atoms with E-state index in [0.29, 0.717) is 5.69 Å². The van der Waals surface area contributed by atoms with Gasteiger partial charge in [-0.2, -0.15) is 4.68 Å². The van der Waals surface area contributed by atoms with Crippen molar-refractivity contribution in [3.8, 4) is 0 Å². The summed E-state index contributed by atoms with van der Waals surface area (Å²) in [7, 11) is 0. The molecule has 0 unspecified atom stereocenters. The van der Waals surface area contributed by atoms with Crippen LogP contribution in [0.4, 0.5) is 0 Å². The molecule has 1 aromatic rings. The number of carbonyl (C=O) groups is 1. The van der Waals surface area contributed by atoms with Gasteiger partial charge in [-0.1, -0.05) is 12.8 Å². The monoisotopic (exact) mass is 209 g/mol. The van der Waals surface area contributed by atoms with Crippen molar-refractivity contribution in [2.75, 3.05) is 0 Å². The van der Waals surface area contributed by atoms with Gasteiger partial charge in [-0.3, -0.25) is 14.7 Å². The largest absolute Gasteiger partial charge is 0.325 e. The molecule has 1 heterocycles. The van der Waals surface area contributed by atoms with E-state index >= 15 is 0 Å². The van der Waals surface area contributed by atoms with Gasteiger partial charge in [0.15, 0.2) is 0 Å². The highest BCUT2D eigenvalue weighted by Crippen LogP contribution is 2.25. The zero-order valence-corrected chi connectivity index (χ0v) is 8.53. The van der Waals surface area contributed by atoms with Crippen molar-refractivity contribution in [3.05, 3.63) is 22.1 Å². The zero-order chi connectivity index (χ0) is 10.8. The summed E-state index contributed by atoms with van der Waals surface area (Å²) >= 11 is 0. The van der Waals surface area contributed by atoms with Crippen LogP contribution >= 0.6 is 0 Å². The lowest BCUT2D eigenvalue weighted by Gasteiger charge is -2.06. The van der Waals surface area contributed by atoms with Gasteiger partial charge in [0.25, 0.3) is 11.5 Å². The van der Waals surface area contributed by atoms with E-state index in [0.717, 1.165) is 30.4 Å². The van der Waals surface area contributed by atoms with E-state index in [9.17, 15) is 9.59 Å². The van der Waals surface area contributed by atoms with Crippen LogP contribution in [0.1, 0.15) is 36.2 Å². The summed E-state index contributed by atoms with van der Waals surface area (Å²) in [5.74, 6) is -0.107. The SMILES string of the molecule is NCc1cc(=O)n(C(=O)C2CCCC2)[nH]1. The molecule has 5 heteroatoms. The maximum absolute atomic E-state index is 11.9. The molecule has 82 valence electrons. The maximum Gasteiger partial charge on any atom is 0.273 e. The van der Waals surface area contributed by atoms with Gasteiger partial charge < -0.3 is 5.73 Å². The van der Waals surface area contributed by atoms with Gasteiger partial charge in [0.1, 0.15) is 0 Å². The van der Waals surface area contributed by atoms with Crippen molar-refractivity contribution in [1.82, 2.24) is 9.78 Å². The van der Waals surface area contributed by atoms with E-state index in [1.54, 1.807) is 0 Å². The average Bonchev–Trinajstić information content (AvgIpc) is 2.85. The molecule has 1 aliphatic carbocycles. The van der Waals surface area contributed by atoms with E-state index in [2.05, 4.69) is 5.10 Å². The van der Waals surface area contributed by atoms with Crippen molar-refractivity contribution < 1.29 is 4.79 Å². The number of aromatic nitrogens is 2. The molecule has 5 nitrogen and oxygen atoms in total. The molecule has 0 radical (unpaired) electrons. The molecule has 1 fully saturated rings. The molecular weight excluding hydrogens is 194 g/mol. The lowest BCUT2D eigenvalue weighted by atomic mass is 10.1. The minimum atomic E-state index is -0.299. The number of nitrogens with two attached hydrogens (primary N) is 1. The van der Waals surface area contributed by atoms with E-state index in [-0.39, 0.29) is 23.9 Å². The number of nitrogens with zero attached hydrogens (tertiary/aromatic N) is 1. The zero-order valence-electron chi connectivity index (χ0n) is 8.53. The van der Waals surface area contributed by atoms with Crippen LogP contribution in [-0.2, 0) is 6.54 Å². The van der Waals surface area contributed by atoms with Gasteiger partial charge in [-0.15, -0.1) is 0 Å². The smallest absolute Gasteiger partial charge is 0.273 e. The van der Waals surface area contributed by atoms with E-state index in [1.807, 2.05) is 0 Å².